The van der Waals surface area contributed by atoms with Crippen LogP contribution in [0.1, 0.15) is 23.6 Å². The molecule has 0 bridgehead atoms. The van der Waals surface area contributed by atoms with Gasteiger partial charge >= 0.3 is 0 Å². The third-order valence-corrected chi connectivity index (χ3v) is 3.33. The van der Waals surface area contributed by atoms with E-state index in [1.807, 2.05) is 43.3 Å². The Kier molecular flexibility index (Phi) is 5.49. The van der Waals surface area contributed by atoms with Crippen LogP contribution in [0.2, 0.25) is 0 Å². The number of aryl methyl sites for hydroxylation is 1. The van der Waals surface area contributed by atoms with Gasteiger partial charge in [0.25, 0.3) is 0 Å². The van der Waals surface area contributed by atoms with Crippen molar-refractivity contribution in [3.63, 3.8) is 0 Å². The van der Waals surface area contributed by atoms with Crippen molar-refractivity contribution in [3.05, 3.63) is 65.2 Å². The number of thiocarbonyl (C=S) groups is 1. The maximum absolute atomic E-state index is 5.86. The van der Waals surface area contributed by atoms with Gasteiger partial charge in [-0.1, -0.05) is 36.4 Å². The Morgan fingerprint density at radius 2 is 2.00 bits per heavy atom. The fourth-order valence-corrected chi connectivity index (χ4v) is 1.99. The molecule has 0 atom stereocenters. The normalized spacial score (nSPS) is 11.1. The summed E-state index contributed by atoms with van der Waals surface area (Å²) in [4.78, 5) is 0. The lowest BCUT2D eigenvalue weighted by Crippen LogP contribution is -2.25. The molecule has 2 aromatic rings. The Morgan fingerprint density at radius 3 is 2.73 bits per heavy atom. The third kappa shape index (κ3) is 4.56. The van der Waals surface area contributed by atoms with Gasteiger partial charge in [-0.15, -0.1) is 0 Å². The molecule has 0 aliphatic rings. The Bertz CT molecular complexity index is 698. The minimum Gasteiger partial charge on any atom is -0.489 e. The number of benzene rings is 2. The van der Waals surface area contributed by atoms with E-state index in [4.69, 9.17) is 22.7 Å². The second-order valence-corrected chi connectivity index (χ2v) is 5.36. The molecular formula is C17H19N3OS. The number of hydrogen-bond donors (Lipinski definition) is 2. The van der Waals surface area contributed by atoms with E-state index in [2.05, 4.69) is 29.6 Å². The van der Waals surface area contributed by atoms with Gasteiger partial charge in [0.2, 0.25) is 0 Å². The summed E-state index contributed by atoms with van der Waals surface area (Å²) >= 11 is 4.73. The number of nitrogens with one attached hydrogen (secondary N) is 1. The number of ether oxygens (including phenoxy) is 1. The van der Waals surface area contributed by atoms with Crippen molar-refractivity contribution in [2.75, 3.05) is 0 Å². The molecule has 0 heterocycles. The van der Waals surface area contributed by atoms with Crippen LogP contribution in [0.15, 0.2) is 53.6 Å². The SMILES string of the molecule is C/C(=N/NC(N)=S)c1cccc(OCc2ccccc2C)c1. The van der Waals surface area contributed by atoms with Crippen molar-refractivity contribution in [2.45, 2.75) is 20.5 Å². The summed E-state index contributed by atoms with van der Waals surface area (Å²) < 4.78 is 5.86. The van der Waals surface area contributed by atoms with Crippen molar-refractivity contribution >= 4 is 23.0 Å². The zero-order valence-corrected chi connectivity index (χ0v) is 13.5. The zero-order valence-electron chi connectivity index (χ0n) is 12.7. The maximum Gasteiger partial charge on any atom is 0.184 e. The fourth-order valence-electron chi connectivity index (χ4n) is 1.95. The van der Waals surface area contributed by atoms with Crippen LogP contribution in [-0.4, -0.2) is 10.8 Å². The van der Waals surface area contributed by atoms with E-state index in [-0.39, 0.29) is 5.11 Å². The van der Waals surface area contributed by atoms with Crippen molar-refractivity contribution in [2.24, 2.45) is 10.8 Å². The highest BCUT2D eigenvalue weighted by atomic mass is 32.1. The summed E-state index contributed by atoms with van der Waals surface area (Å²) in [7, 11) is 0. The molecule has 3 N–H and O–H groups in total. The molecule has 5 heteroatoms. The zero-order chi connectivity index (χ0) is 15.9. The van der Waals surface area contributed by atoms with E-state index in [9.17, 15) is 0 Å². The van der Waals surface area contributed by atoms with Crippen LogP contribution >= 0.6 is 12.2 Å². The number of nitrogens with two attached hydrogens (primary N) is 1. The molecule has 4 nitrogen and oxygen atoms in total. The summed E-state index contributed by atoms with van der Waals surface area (Å²) in [5.41, 5.74) is 12.1. The Morgan fingerprint density at radius 1 is 1.23 bits per heavy atom. The van der Waals surface area contributed by atoms with Crippen molar-refractivity contribution < 1.29 is 4.74 Å². The van der Waals surface area contributed by atoms with Gasteiger partial charge < -0.3 is 10.5 Å². The lowest BCUT2D eigenvalue weighted by atomic mass is 10.1. The molecule has 0 aliphatic carbocycles. The smallest absolute Gasteiger partial charge is 0.184 e. The second-order valence-electron chi connectivity index (χ2n) is 4.92. The standard InChI is InChI=1S/C17H19N3OS/c1-12-6-3-4-7-15(12)11-21-16-9-5-8-14(10-16)13(2)19-20-17(18)22/h3-10H,11H2,1-2H3,(H3,18,20,22)/b19-13-. The van der Waals surface area contributed by atoms with E-state index in [0.717, 1.165) is 17.0 Å². The molecule has 0 saturated carbocycles. The van der Waals surface area contributed by atoms with Crippen LogP contribution < -0.4 is 15.9 Å². The molecule has 0 amide bonds. The highest BCUT2D eigenvalue weighted by Gasteiger charge is 2.02. The molecule has 0 aliphatic heterocycles. The summed E-state index contributed by atoms with van der Waals surface area (Å²) in [5.74, 6) is 0.797. The largest absolute Gasteiger partial charge is 0.489 e. The highest BCUT2D eigenvalue weighted by Crippen LogP contribution is 2.17. The van der Waals surface area contributed by atoms with Crippen LogP contribution in [0.3, 0.4) is 0 Å². The Balaban J connectivity index is 2.07. The van der Waals surface area contributed by atoms with E-state index >= 15 is 0 Å². The third-order valence-electron chi connectivity index (χ3n) is 3.24. The minimum absolute atomic E-state index is 0.145. The molecule has 0 radical (unpaired) electrons. The summed E-state index contributed by atoms with van der Waals surface area (Å²) in [6.07, 6.45) is 0. The molecule has 0 spiro atoms. The van der Waals surface area contributed by atoms with Gasteiger partial charge in [0.05, 0.1) is 5.71 Å². The summed E-state index contributed by atoms with van der Waals surface area (Å²) in [5, 5.41) is 4.26. The van der Waals surface area contributed by atoms with Gasteiger partial charge in [0, 0.05) is 5.56 Å². The van der Waals surface area contributed by atoms with Gasteiger partial charge in [0.15, 0.2) is 5.11 Å². The van der Waals surface area contributed by atoms with Gasteiger partial charge in [-0.3, -0.25) is 5.43 Å². The lowest BCUT2D eigenvalue weighted by Gasteiger charge is -2.10. The van der Waals surface area contributed by atoms with Crippen molar-refractivity contribution in [1.29, 1.82) is 0 Å². The molecule has 22 heavy (non-hydrogen) atoms. The number of nitrogens with zero attached hydrogens (tertiary/aromatic N) is 1. The summed E-state index contributed by atoms with van der Waals surface area (Å²) in [6, 6.07) is 15.9. The first-order valence-corrected chi connectivity index (χ1v) is 7.34. The predicted molar refractivity (Wildman–Crippen MR) is 94.1 cm³/mol. The molecular weight excluding hydrogens is 294 g/mol. The van der Waals surface area contributed by atoms with Crippen LogP contribution in [0.5, 0.6) is 5.75 Å². The second kappa shape index (κ2) is 7.56. The molecule has 114 valence electrons. The first-order chi connectivity index (χ1) is 10.6. The highest BCUT2D eigenvalue weighted by molar-refractivity contribution is 7.80. The molecule has 2 aromatic carbocycles. The van der Waals surface area contributed by atoms with E-state index in [1.54, 1.807) is 0 Å². The first-order valence-electron chi connectivity index (χ1n) is 6.94. The minimum atomic E-state index is 0.145. The van der Waals surface area contributed by atoms with Crippen LogP contribution in [0, 0.1) is 6.92 Å². The molecule has 0 fully saturated rings. The monoisotopic (exact) mass is 313 g/mol. The average molecular weight is 313 g/mol. The van der Waals surface area contributed by atoms with Gasteiger partial charge in [-0.2, -0.15) is 5.10 Å². The van der Waals surface area contributed by atoms with E-state index < -0.39 is 0 Å². The maximum atomic E-state index is 5.86. The summed E-state index contributed by atoms with van der Waals surface area (Å²) in [6.45, 7) is 4.50. The number of rotatable bonds is 5. The first kappa shape index (κ1) is 16.0. The van der Waals surface area contributed by atoms with E-state index in [0.29, 0.717) is 6.61 Å². The van der Waals surface area contributed by atoms with Crippen LogP contribution in [0.4, 0.5) is 0 Å². The average Bonchev–Trinajstić information content (AvgIpc) is 2.52. The number of hydrazone groups is 1. The van der Waals surface area contributed by atoms with Crippen molar-refractivity contribution in [1.82, 2.24) is 5.43 Å². The van der Waals surface area contributed by atoms with Gasteiger partial charge in [0.1, 0.15) is 12.4 Å². The topological polar surface area (TPSA) is 59.6 Å². The number of hydrogen-bond acceptors (Lipinski definition) is 3. The molecule has 0 saturated heterocycles. The molecule has 0 aromatic heterocycles. The van der Waals surface area contributed by atoms with Crippen molar-refractivity contribution in [3.8, 4) is 5.75 Å². The van der Waals surface area contributed by atoms with Crippen LogP contribution in [-0.2, 0) is 6.61 Å². The Labute approximate surface area is 136 Å². The van der Waals surface area contributed by atoms with Gasteiger partial charge in [-0.05, 0) is 49.3 Å². The van der Waals surface area contributed by atoms with Crippen LogP contribution in [0.25, 0.3) is 0 Å². The molecule has 0 unspecified atom stereocenters. The van der Waals surface area contributed by atoms with E-state index in [1.165, 1.54) is 11.1 Å². The lowest BCUT2D eigenvalue weighted by molar-refractivity contribution is 0.305. The molecule has 2 rings (SSSR count). The predicted octanol–water partition coefficient (Wildman–Crippen LogP) is 3.13. The quantitative estimate of drug-likeness (QED) is 0.506. The Hall–Kier alpha value is -2.40. The van der Waals surface area contributed by atoms with Gasteiger partial charge in [-0.25, -0.2) is 0 Å². The fraction of sp³-hybridized carbons (Fsp3) is 0.176.